The first kappa shape index (κ1) is 18.4. The van der Waals surface area contributed by atoms with Crippen LogP contribution < -0.4 is 5.32 Å². The van der Waals surface area contributed by atoms with E-state index >= 15 is 0 Å². The average molecular weight is 371 g/mol. The monoisotopic (exact) mass is 370 g/mol. The molecule has 1 N–H and O–H groups in total. The second kappa shape index (κ2) is 6.90. The largest absolute Gasteiger partial charge is 0.350 e. The number of hydrogen-bond acceptors (Lipinski definition) is 5. The molecule has 2 aromatic rings. The number of rotatable bonds is 5. The van der Waals surface area contributed by atoms with Gasteiger partial charge in [-0.1, -0.05) is 28.9 Å². The quantitative estimate of drug-likeness (QED) is 0.866. The first-order valence-electron chi connectivity index (χ1n) is 7.29. The van der Waals surface area contributed by atoms with Gasteiger partial charge in [0.1, 0.15) is 0 Å². The molecule has 0 aliphatic carbocycles. The summed E-state index contributed by atoms with van der Waals surface area (Å²) in [6.07, 6.45) is 1.44. The van der Waals surface area contributed by atoms with Crippen molar-refractivity contribution in [3.05, 3.63) is 41.2 Å². The van der Waals surface area contributed by atoms with E-state index in [1.54, 1.807) is 45.0 Å². The number of benzene rings is 1. The smallest absolute Gasteiger partial charge is 0.273 e. The number of aromatic nitrogens is 3. The molecule has 0 aliphatic heterocycles. The van der Waals surface area contributed by atoms with Crippen LogP contribution in [0.4, 0.5) is 0 Å². The predicted octanol–water partition coefficient (Wildman–Crippen LogP) is 1.86. The van der Waals surface area contributed by atoms with Gasteiger partial charge in [-0.3, -0.25) is 4.79 Å². The van der Waals surface area contributed by atoms with E-state index in [1.807, 2.05) is 0 Å². The Morgan fingerprint density at radius 3 is 2.58 bits per heavy atom. The van der Waals surface area contributed by atoms with Crippen molar-refractivity contribution in [1.29, 1.82) is 0 Å². The number of sulfone groups is 1. The summed E-state index contributed by atoms with van der Waals surface area (Å²) in [5.74, 6) is -0.627. The fourth-order valence-electron chi connectivity index (χ4n) is 1.82. The molecule has 0 saturated heterocycles. The lowest BCUT2D eigenvalue weighted by atomic mass is 10.3. The van der Waals surface area contributed by atoms with Gasteiger partial charge in [0, 0.05) is 6.54 Å². The van der Waals surface area contributed by atoms with Crippen molar-refractivity contribution in [2.24, 2.45) is 0 Å². The fourth-order valence-corrected chi connectivity index (χ4v) is 3.02. The van der Waals surface area contributed by atoms with Crippen LogP contribution >= 0.6 is 11.6 Å². The highest BCUT2D eigenvalue weighted by molar-refractivity contribution is 7.92. The molecule has 7 nitrogen and oxygen atoms in total. The van der Waals surface area contributed by atoms with E-state index in [9.17, 15) is 13.2 Å². The molecule has 1 aromatic heterocycles. The number of nitrogens with one attached hydrogen (secondary N) is 1. The highest BCUT2D eigenvalue weighted by Gasteiger charge is 2.28. The maximum absolute atomic E-state index is 12.1. The Labute approximate surface area is 145 Å². The lowest BCUT2D eigenvalue weighted by molar-refractivity contribution is 0.0951. The van der Waals surface area contributed by atoms with Crippen molar-refractivity contribution in [3.63, 3.8) is 0 Å². The Balaban J connectivity index is 2.01. The molecular weight excluding hydrogens is 352 g/mol. The van der Waals surface area contributed by atoms with E-state index < -0.39 is 20.5 Å². The average Bonchev–Trinajstić information content (AvgIpc) is 2.96. The summed E-state index contributed by atoms with van der Waals surface area (Å²) in [6.45, 7) is 4.88. The van der Waals surface area contributed by atoms with E-state index in [4.69, 9.17) is 11.6 Å². The molecule has 9 heteroatoms. The molecule has 0 bridgehead atoms. The van der Waals surface area contributed by atoms with E-state index in [0.717, 1.165) is 0 Å². The van der Waals surface area contributed by atoms with Crippen LogP contribution in [0.25, 0.3) is 5.69 Å². The Bertz CT molecular complexity index is 840. The van der Waals surface area contributed by atoms with E-state index in [2.05, 4.69) is 15.6 Å². The molecule has 130 valence electrons. The highest BCUT2D eigenvalue weighted by Crippen LogP contribution is 2.18. The van der Waals surface area contributed by atoms with Gasteiger partial charge in [-0.2, -0.15) is 0 Å². The van der Waals surface area contributed by atoms with Crippen LogP contribution in [0.1, 0.15) is 31.3 Å². The summed E-state index contributed by atoms with van der Waals surface area (Å²) >= 11 is 6.07. The van der Waals surface area contributed by atoms with Gasteiger partial charge in [0.05, 0.1) is 27.4 Å². The molecule has 0 spiro atoms. The molecule has 0 unspecified atom stereocenters. The van der Waals surface area contributed by atoms with Gasteiger partial charge in [0.25, 0.3) is 5.91 Å². The van der Waals surface area contributed by atoms with Crippen LogP contribution in [-0.2, 0) is 9.84 Å². The fraction of sp³-hybridized carbons (Fsp3) is 0.400. The third-order valence-electron chi connectivity index (χ3n) is 3.41. The van der Waals surface area contributed by atoms with Crippen molar-refractivity contribution in [1.82, 2.24) is 20.3 Å². The number of para-hydroxylation sites is 1. The zero-order valence-corrected chi connectivity index (χ0v) is 15.2. The molecule has 0 aliphatic rings. The van der Waals surface area contributed by atoms with Gasteiger partial charge in [-0.25, -0.2) is 13.1 Å². The van der Waals surface area contributed by atoms with Gasteiger partial charge >= 0.3 is 0 Å². The molecule has 2 rings (SSSR count). The van der Waals surface area contributed by atoms with Crippen LogP contribution in [0.3, 0.4) is 0 Å². The van der Waals surface area contributed by atoms with Crippen LogP contribution in [0.5, 0.6) is 0 Å². The van der Waals surface area contributed by atoms with E-state index in [-0.39, 0.29) is 18.0 Å². The number of carbonyl (C=O) groups is 1. The summed E-state index contributed by atoms with van der Waals surface area (Å²) in [4.78, 5) is 12.1. The normalized spacial score (nSPS) is 12.2. The highest BCUT2D eigenvalue weighted by atomic mass is 35.5. The zero-order chi connectivity index (χ0) is 18.0. The Hall–Kier alpha value is -1.93. The van der Waals surface area contributed by atoms with Crippen LogP contribution in [0, 0.1) is 0 Å². The summed E-state index contributed by atoms with van der Waals surface area (Å²) in [7, 11) is -3.29. The predicted molar refractivity (Wildman–Crippen MR) is 92.2 cm³/mol. The summed E-state index contributed by atoms with van der Waals surface area (Å²) in [5.41, 5.74) is 0.684. The molecule has 0 saturated carbocycles. The molecule has 0 fully saturated rings. The third-order valence-corrected chi connectivity index (χ3v) is 6.34. The lowest BCUT2D eigenvalue weighted by Crippen LogP contribution is -2.36. The van der Waals surface area contributed by atoms with Gasteiger partial charge in [0.15, 0.2) is 15.5 Å². The van der Waals surface area contributed by atoms with Gasteiger partial charge < -0.3 is 5.32 Å². The van der Waals surface area contributed by atoms with Crippen molar-refractivity contribution in [2.75, 3.05) is 12.3 Å². The van der Waals surface area contributed by atoms with Gasteiger partial charge in [-0.05, 0) is 32.9 Å². The summed E-state index contributed by atoms with van der Waals surface area (Å²) in [5, 5.41) is 10.7. The molecule has 1 aromatic carbocycles. The Morgan fingerprint density at radius 1 is 1.29 bits per heavy atom. The number of halogens is 1. The van der Waals surface area contributed by atoms with E-state index in [0.29, 0.717) is 10.7 Å². The van der Waals surface area contributed by atoms with Crippen LogP contribution in [0.2, 0.25) is 5.02 Å². The Morgan fingerprint density at radius 2 is 1.96 bits per heavy atom. The molecule has 24 heavy (non-hydrogen) atoms. The van der Waals surface area contributed by atoms with Crippen LogP contribution in [-0.4, -0.2) is 46.4 Å². The third kappa shape index (κ3) is 4.12. The minimum absolute atomic E-state index is 0.0113. The molecule has 1 amide bonds. The van der Waals surface area contributed by atoms with Crippen molar-refractivity contribution in [3.8, 4) is 5.69 Å². The Kier molecular flexibility index (Phi) is 5.29. The first-order valence-corrected chi connectivity index (χ1v) is 9.32. The van der Waals surface area contributed by atoms with Gasteiger partial charge in [0.2, 0.25) is 0 Å². The number of hydrogen-bond donors (Lipinski definition) is 1. The molecule has 1 heterocycles. The first-order chi connectivity index (χ1) is 11.1. The summed E-state index contributed by atoms with van der Waals surface area (Å²) in [6, 6.07) is 7.02. The maximum Gasteiger partial charge on any atom is 0.273 e. The lowest BCUT2D eigenvalue weighted by Gasteiger charge is -2.18. The summed E-state index contributed by atoms with van der Waals surface area (Å²) < 4.78 is 24.5. The SMILES string of the molecule is CC(C)(C)S(=O)(=O)CCNC(=O)c1cn(-c2ccccc2Cl)nn1. The zero-order valence-electron chi connectivity index (χ0n) is 13.7. The number of nitrogens with zero attached hydrogens (tertiary/aromatic N) is 3. The standard InChI is InChI=1S/C15H19ClN4O3S/c1-15(2,3)24(22,23)9-8-17-14(21)12-10-20(19-18-12)13-7-5-4-6-11(13)16/h4-7,10H,8-9H2,1-3H3,(H,17,21). The van der Waals surface area contributed by atoms with Crippen LogP contribution in [0.15, 0.2) is 30.5 Å². The molecular formula is C15H19ClN4O3S. The topological polar surface area (TPSA) is 94.0 Å². The van der Waals surface area contributed by atoms with E-state index in [1.165, 1.54) is 10.9 Å². The maximum atomic E-state index is 12.1. The molecule has 0 radical (unpaired) electrons. The molecule has 0 atom stereocenters. The minimum atomic E-state index is -3.29. The second-order valence-corrected chi connectivity index (χ2v) is 9.46. The minimum Gasteiger partial charge on any atom is -0.350 e. The second-order valence-electron chi connectivity index (χ2n) is 6.19. The van der Waals surface area contributed by atoms with Crippen molar-refractivity contribution >= 4 is 27.3 Å². The van der Waals surface area contributed by atoms with Crippen molar-refractivity contribution in [2.45, 2.75) is 25.5 Å². The number of carbonyl (C=O) groups excluding carboxylic acids is 1. The van der Waals surface area contributed by atoms with Crippen molar-refractivity contribution < 1.29 is 13.2 Å². The van der Waals surface area contributed by atoms with Gasteiger partial charge in [-0.15, -0.1) is 5.10 Å². The number of amides is 1.